The molecule has 0 saturated heterocycles. The highest BCUT2D eigenvalue weighted by Gasteiger charge is 1.92. The van der Waals surface area contributed by atoms with Crippen molar-refractivity contribution in [3.8, 4) is 0 Å². The van der Waals surface area contributed by atoms with Crippen molar-refractivity contribution in [3.05, 3.63) is 48.6 Å². The van der Waals surface area contributed by atoms with Crippen molar-refractivity contribution in [2.75, 3.05) is 0 Å². The molecule has 0 rings (SSSR count). The number of allylic oxidation sites excluding steroid dienone is 8. The van der Waals surface area contributed by atoms with Crippen molar-refractivity contribution < 1.29 is 9.90 Å². The first-order valence-electron chi connectivity index (χ1n) is 8.60. The molecule has 0 bridgehead atoms. The molecule has 0 aromatic carbocycles. The summed E-state index contributed by atoms with van der Waals surface area (Å²) >= 11 is 0. The van der Waals surface area contributed by atoms with Gasteiger partial charge in [0, 0.05) is 6.42 Å². The molecule has 0 aromatic rings. The lowest BCUT2D eigenvalue weighted by atomic mass is 10.1. The SMILES string of the molecule is CCCCCC/C=C/C=C/C/C=C/C/C=C/CCCC(=O)O. The molecular weight excluding hydrogens is 272 g/mol. The molecule has 0 heterocycles. The van der Waals surface area contributed by atoms with Crippen LogP contribution in [-0.2, 0) is 4.79 Å². The summed E-state index contributed by atoms with van der Waals surface area (Å²) in [7, 11) is 0. The highest BCUT2D eigenvalue weighted by atomic mass is 16.4. The fourth-order valence-electron chi connectivity index (χ4n) is 1.96. The Morgan fingerprint density at radius 2 is 1.41 bits per heavy atom. The predicted octanol–water partition coefficient (Wildman–Crippen LogP) is 6.22. The molecule has 22 heavy (non-hydrogen) atoms. The molecule has 0 aliphatic heterocycles. The van der Waals surface area contributed by atoms with Gasteiger partial charge in [0.15, 0.2) is 0 Å². The van der Waals surface area contributed by atoms with Crippen molar-refractivity contribution in [1.29, 1.82) is 0 Å². The second-order valence-electron chi connectivity index (χ2n) is 5.41. The highest BCUT2D eigenvalue weighted by molar-refractivity contribution is 5.66. The average Bonchev–Trinajstić information content (AvgIpc) is 2.50. The van der Waals surface area contributed by atoms with Gasteiger partial charge in [-0.25, -0.2) is 0 Å². The van der Waals surface area contributed by atoms with Crippen LogP contribution < -0.4 is 0 Å². The molecule has 0 fully saturated rings. The fraction of sp³-hybridized carbons (Fsp3) is 0.550. The molecule has 0 atom stereocenters. The summed E-state index contributed by atoms with van der Waals surface area (Å²) in [5, 5.41) is 8.49. The summed E-state index contributed by atoms with van der Waals surface area (Å²) in [5.74, 6) is -0.713. The van der Waals surface area contributed by atoms with E-state index in [9.17, 15) is 4.79 Å². The lowest BCUT2D eigenvalue weighted by molar-refractivity contribution is -0.137. The van der Waals surface area contributed by atoms with E-state index in [1.165, 1.54) is 32.1 Å². The summed E-state index contributed by atoms with van der Waals surface area (Å²) in [4.78, 5) is 10.3. The third kappa shape index (κ3) is 18.4. The van der Waals surface area contributed by atoms with Crippen LogP contribution >= 0.6 is 0 Å². The molecular formula is C20H32O2. The van der Waals surface area contributed by atoms with Crippen LogP contribution in [0.15, 0.2) is 48.6 Å². The number of hydrogen-bond donors (Lipinski definition) is 1. The second-order valence-corrected chi connectivity index (χ2v) is 5.41. The Hall–Kier alpha value is -1.57. The number of carboxylic acids is 1. The lowest BCUT2D eigenvalue weighted by Crippen LogP contribution is -1.92. The first kappa shape index (κ1) is 20.4. The Balaban J connectivity index is 3.42. The second kappa shape index (κ2) is 17.5. The minimum absolute atomic E-state index is 0.261. The quantitative estimate of drug-likeness (QED) is 0.235. The molecule has 0 radical (unpaired) electrons. The number of rotatable bonds is 14. The first-order valence-corrected chi connectivity index (χ1v) is 8.60. The number of carboxylic acid groups (broad SMARTS) is 1. The van der Waals surface area contributed by atoms with E-state index >= 15 is 0 Å². The van der Waals surface area contributed by atoms with Crippen LogP contribution in [0, 0.1) is 0 Å². The van der Waals surface area contributed by atoms with Gasteiger partial charge in [-0.3, -0.25) is 4.79 Å². The molecule has 0 unspecified atom stereocenters. The molecule has 0 spiro atoms. The summed E-state index contributed by atoms with van der Waals surface area (Å²) in [5.41, 5.74) is 0. The number of aliphatic carboxylic acids is 1. The van der Waals surface area contributed by atoms with Gasteiger partial charge >= 0.3 is 5.97 Å². The van der Waals surface area contributed by atoms with Crippen LogP contribution in [0.5, 0.6) is 0 Å². The maximum absolute atomic E-state index is 10.3. The maximum Gasteiger partial charge on any atom is 0.303 e. The van der Waals surface area contributed by atoms with Gasteiger partial charge in [0.05, 0.1) is 0 Å². The molecule has 1 N–H and O–H groups in total. The van der Waals surface area contributed by atoms with Gasteiger partial charge in [-0.05, 0) is 38.5 Å². The predicted molar refractivity (Wildman–Crippen MR) is 96.0 cm³/mol. The van der Waals surface area contributed by atoms with E-state index < -0.39 is 5.97 Å². The highest BCUT2D eigenvalue weighted by Crippen LogP contribution is 2.03. The van der Waals surface area contributed by atoms with Gasteiger partial charge < -0.3 is 5.11 Å². The third-order valence-electron chi connectivity index (χ3n) is 3.25. The Kier molecular flexibility index (Phi) is 16.2. The van der Waals surface area contributed by atoms with E-state index in [2.05, 4.69) is 55.5 Å². The number of unbranched alkanes of at least 4 members (excludes halogenated alkanes) is 5. The van der Waals surface area contributed by atoms with E-state index in [0.717, 1.165) is 25.7 Å². The van der Waals surface area contributed by atoms with Gasteiger partial charge in [0.2, 0.25) is 0 Å². The number of hydrogen-bond acceptors (Lipinski definition) is 1. The summed E-state index contributed by atoms with van der Waals surface area (Å²) < 4.78 is 0. The zero-order valence-corrected chi connectivity index (χ0v) is 14.0. The van der Waals surface area contributed by atoms with Gasteiger partial charge in [-0.1, -0.05) is 74.8 Å². The van der Waals surface area contributed by atoms with Gasteiger partial charge in [0.1, 0.15) is 0 Å². The van der Waals surface area contributed by atoms with Gasteiger partial charge in [-0.2, -0.15) is 0 Å². The van der Waals surface area contributed by atoms with Gasteiger partial charge in [-0.15, -0.1) is 0 Å². The van der Waals surface area contributed by atoms with Crippen molar-refractivity contribution in [3.63, 3.8) is 0 Å². The van der Waals surface area contributed by atoms with Crippen LogP contribution in [-0.4, -0.2) is 11.1 Å². The molecule has 124 valence electrons. The lowest BCUT2D eigenvalue weighted by Gasteiger charge is -1.92. The standard InChI is InChI=1S/C20H32O2/c1-2-3-4-5-6-7-8-9-10-11-12-13-14-15-16-17-18-19-20(21)22/h7-10,12-13,15-16H,2-6,11,14,17-19H2,1H3,(H,21,22)/b8-7+,10-9+,13-12+,16-15+. The minimum Gasteiger partial charge on any atom is -0.481 e. The Bertz CT molecular complexity index is 362. The Morgan fingerprint density at radius 1 is 0.773 bits per heavy atom. The van der Waals surface area contributed by atoms with Crippen LogP contribution in [0.3, 0.4) is 0 Å². The maximum atomic E-state index is 10.3. The molecule has 2 heteroatoms. The Morgan fingerprint density at radius 3 is 2.14 bits per heavy atom. The van der Waals surface area contributed by atoms with Crippen LogP contribution in [0.25, 0.3) is 0 Å². The summed E-state index contributed by atoms with van der Waals surface area (Å²) in [6, 6.07) is 0. The zero-order valence-electron chi connectivity index (χ0n) is 14.0. The smallest absolute Gasteiger partial charge is 0.303 e. The summed E-state index contributed by atoms with van der Waals surface area (Å²) in [6.07, 6.45) is 27.3. The van der Waals surface area contributed by atoms with Crippen LogP contribution in [0.4, 0.5) is 0 Å². The molecule has 0 aliphatic rings. The third-order valence-corrected chi connectivity index (χ3v) is 3.25. The first-order chi connectivity index (χ1) is 10.8. The zero-order chi connectivity index (χ0) is 16.3. The van der Waals surface area contributed by atoms with Crippen molar-refractivity contribution in [2.24, 2.45) is 0 Å². The minimum atomic E-state index is -0.713. The normalized spacial score (nSPS) is 12.4. The van der Waals surface area contributed by atoms with Crippen molar-refractivity contribution in [1.82, 2.24) is 0 Å². The van der Waals surface area contributed by atoms with Crippen molar-refractivity contribution in [2.45, 2.75) is 71.1 Å². The van der Waals surface area contributed by atoms with Crippen molar-refractivity contribution >= 4 is 5.97 Å². The molecule has 0 amide bonds. The molecule has 2 nitrogen and oxygen atoms in total. The summed E-state index contributed by atoms with van der Waals surface area (Å²) in [6.45, 7) is 2.24. The molecule has 0 aromatic heterocycles. The van der Waals surface area contributed by atoms with Crippen LogP contribution in [0.2, 0.25) is 0 Å². The Labute approximate surface area is 136 Å². The van der Waals surface area contributed by atoms with E-state index in [1.807, 2.05) is 0 Å². The van der Waals surface area contributed by atoms with E-state index in [1.54, 1.807) is 0 Å². The fourth-order valence-corrected chi connectivity index (χ4v) is 1.96. The molecule has 0 aliphatic carbocycles. The van der Waals surface area contributed by atoms with E-state index in [4.69, 9.17) is 5.11 Å². The molecule has 0 saturated carbocycles. The number of carbonyl (C=O) groups is 1. The monoisotopic (exact) mass is 304 g/mol. The van der Waals surface area contributed by atoms with Gasteiger partial charge in [0.25, 0.3) is 0 Å². The largest absolute Gasteiger partial charge is 0.481 e. The van der Waals surface area contributed by atoms with Crippen LogP contribution in [0.1, 0.15) is 71.1 Å². The topological polar surface area (TPSA) is 37.3 Å². The average molecular weight is 304 g/mol. The van der Waals surface area contributed by atoms with E-state index in [-0.39, 0.29) is 6.42 Å². The van der Waals surface area contributed by atoms with E-state index in [0.29, 0.717) is 0 Å².